The van der Waals surface area contributed by atoms with Crippen molar-refractivity contribution in [3.05, 3.63) is 0 Å². The molecule has 0 N–H and O–H groups in total. The molecule has 5 heteroatoms. The van der Waals surface area contributed by atoms with Crippen molar-refractivity contribution in [2.24, 2.45) is 11.8 Å². The SMILES string of the molecule is CC1(OC(=O)OC2(C)CCCCC2CCl)CCCCC1CCl. The van der Waals surface area contributed by atoms with Gasteiger partial charge in [-0.2, -0.15) is 0 Å². The molecule has 2 aliphatic rings. The van der Waals surface area contributed by atoms with Gasteiger partial charge in [0.25, 0.3) is 0 Å². The van der Waals surface area contributed by atoms with Crippen LogP contribution in [0.3, 0.4) is 0 Å². The normalized spacial score (nSPS) is 39.3. The zero-order chi connectivity index (χ0) is 16.2. The van der Waals surface area contributed by atoms with E-state index in [-0.39, 0.29) is 11.8 Å². The van der Waals surface area contributed by atoms with Gasteiger partial charge >= 0.3 is 6.16 Å². The van der Waals surface area contributed by atoms with Crippen molar-refractivity contribution in [1.82, 2.24) is 0 Å². The minimum Gasteiger partial charge on any atom is -0.428 e. The van der Waals surface area contributed by atoms with E-state index in [9.17, 15) is 4.79 Å². The first kappa shape index (κ1) is 18.2. The van der Waals surface area contributed by atoms with Gasteiger partial charge in [-0.15, -0.1) is 23.2 Å². The molecule has 0 aliphatic heterocycles. The molecule has 2 fully saturated rings. The van der Waals surface area contributed by atoms with Crippen molar-refractivity contribution >= 4 is 29.4 Å². The summed E-state index contributed by atoms with van der Waals surface area (Å²) in [7, 11) is 0. The smallest absolute Gasteiger partial charge is 0.428 e. The summed E-state index contributed by atoms with van der Waals surface area (Å²) in [6, 6.07) is 0. The number of halogens is 2. The molecule has 128 valence electrons. The Bertz CT molecular complexity index is 356. The third-order valence-electron chi connectivity index (χ3n) is 5.68. The van der Waals surface area contributed by atoms with E-state index < -0.39 is 17.4 Å². The van der Waals surface area contributed by atoms with Crippen molar-refractivity contribution in [2.45, 2.75) is 76.4 Å². The molecule has 2 rings (SSSR count). The molecule has 0 saturated heterocycles. The van der Waals surface area contributed by atoms with Crippen LogP contribution >= 0.6 is 23.2 Å². The molecule has 0 heterocycles. The van der Waals surface area contributed by atoms with E-state index >= 15 is 0 Å². The second-order valence-electron chi connectivity index (χ2n) is 7.27. The minimum atomic E-state index is -0.556. The summed E-state index contributed by atoms with van der Waals surface area (Å²) in [5.41, 5.74) is -1.00. The van der Waals surface area contributed by atoms with E-state index in [1.807, 2.05) is 13.8 Å². The Balaban J connectivity index is 1.99. The van der Waals surface area contributed by atoms with Gasteiger partial charge in [-0.1, -0.05) is 12.8 Å². The fourth-order valence-corrected chi connectivity index (χ4v) is 4.86. The molecule has 0 bridgehead atoms. The van der Waals surface area contributed by atoms with Gasteiger partial charge in [0.05, 0.1) is 0 Å². The summed E-state index contributed by atoms with van der Waals surface area (Å²) in [5, 5.41) is 0. The number of carbonyl (C=O) groups is 1. The molecule has 4 unspecified atom stereocenters. The number of carbonyl (C=O) groups excluding carboxylic acids is 1. The van der Waals surface area contributed by atoms with Crippen molar-refractivity contribution < 1.29 is 14.3 Å². The Hall–Kier alpha value is -0.150. The zero-order valence-corrected chi connectivity index (χ0v) is 15.2. The molecule has 0 amide bonds. The lowest BCUT2D eigenvalue weighted by molar-refractivity contribution is -0.118. The average Bonchev–Trinajstić information content (AvgIpc) is 2.47. The van der Waals surface area contributed by atoms with Gasteiger partial charge in [0.2, 0.25) is 0 Å². The maximum absolute atomic E-state index is 12.4. The quantitative estimate of drug-likeness (QED) is 0.494. The molecule has 0 aromatic rings. The Morgan fingerprint density at radius 1 is 0.909 bits per heavy atom. The second kappa shape index (κ2) is 7.61. The predicted molar refractivity (Wildman–Crippen MR) is 89.7 cm³/mol. The number of ether oxygens (including phenoxy) is 2. The van der Waals surface area contributed by atoms with Crippen LogP contribution in [0.5, 0.6) is 0 Å². The van der Waals surface area contributed by atoms with Crippen molar-refractivity contribution in [2.75, 3.05) is 11.8 Å². The molecule has 3 nitrogen and oxygen atoms in total. The van der Waals surface area contributed by atoms with E-state index in [2.05, 4.69) is 0 Å². The highest BCUT2D eigenvalue weighted by Gasteiger charge is 2.44. The van der Waals surface area contributed by atoms with Gasteiger partial charge in [-0.05, 0) is 52.4 Å². The van der Waals surface area contributed by atoms with Crippen molar-refractivity contribution in [3.63, 3.8) is 0 Å². The molecule has 0 aromatic carbocycles. The largest absolute Gasteiger partial charge is 0.509 e. The molecular weight excluding hydrogens is 323 g/mol. The van der Waals surface area contributed by atoms with Gasteiger partial charge in [0, 0.05) is 23.6 Å². The third kappa shape index (κ3) is 4.03. The Morgan fingerprint density at radius 2 is 1.32 bits per heavy atom. The van der Waals surface area contributed by atoms with Crippen molar-refractivity contribution in [3.8, 4) is 0 Å². The van der Waals surface area contributed by atoms with E-state index in [0.717, 1.165) is 51.4 Å². The number of alkyl halides is 2. The van der Waals surface area contributed by atoms with Crippen LogP contribution in [0.4, 0.5) is 4.79 Å². The monoisotopic (exact) mass is 350 g/mol. The van der Waals surface area contributed by atoms with Crippen LogP contribution in [0.15, 0.2) is 0 Å². The molecule has 0 aromatic heterocycles. The molecule has 0 spiro atoms. The van der Waals surface area contributed by atoms with Gasteiger partial charge in [0.15, 0.2) is 0 Å². The Labute approximate surface area is 144 Å². The summed E-state index contributed by atoms with van der Waals surface area (Å²) in [5.74, 6) is 1.45. The summed E-state index contributed by atoms with van der Waals surface area (Å²) in [6.45, 7) is 3.98. The topological polar surface area (TPSA) is 35.5 Å². The lowest BCUT2D eigenvalue weighted by Crippen LogP contribution is -2.47. The van der Waals surface area contributed by atoms with Crippen LogP contribution in [0.2, 0.25) is 0 Å². The highest BCUT2D eigenvalue weighted by molar-refractivity contribution is 6.18. The van der Waals surface area contributed by atoms with Crippen LogP contribution in [-0.2, 0) is 9.47 Å². The average molecular weight is 351 g/mol. The molecule has 4 atom stereocenters. The van der Waals surface area contributed by atoms with Gasteiger partial charge in [-0.3, -0.25) is 0 Å². The van der Waals surface area contributed by atoms with Gasteiger partial charge < -0.3 is 9.47 Å². The van der Waals surface area contributed by atoms with E-state index in [0.29, 0.717) is 11.8 Å². The van der Waals surface area contributed by atoms with Gasteiger partial charge in [0.1, 0.15) is 11.2 Å². The fraction of sp³-hybridized carbons (Fsp3) is 0.941. The summed E-state index contributed by atoms with van der Waals surface area (Å²) in [6.07, 6.45) is 7.61. The first-order valence-electron chi connectivity index (χ1n) is 8.47. The van der Waals surface area contributed by atoms with Crippen LogP contribution in [0.25, 0.3) is 0 Å². The standard InChI is InChI=1S/C17H28Cl2O3/c1-16(9-5-3-7-13(16)11-18)21-15(20)22-17(2)10-6-4-8-14(17)12-19/h13-14H,3-12H2,1-2H3. The predicted octanol–water partition coefficient (Wildman–Crippen LogP) is 5.52. The molecule has 2 aliphatic carbocycles. The lowest BCUT2D eigenvalue weighted by atomic mass is 9.77. The minimum absolute atomic E-state index is 0.207. The van der Waals surface area contributed by atoms with E-state index in [1.54, 1.807) is 0 Å². The highest BCUT2D eigenvalue weighted by atomic mass is 35.5. The fourth-order valence-electron chi connectivity index (χ4n) is 3.90. The first-order chi connectivity index (χ1) is 10.4. The van der Waals surface area contributed by atoms with Crippen molar-refractivity contribution in [1.29, 1.82) is 0 Å². The summed E-state index contributed by atoms with van der Waals surface area (Å²) >= 11 is 12.1. The maximum atomic E-state index is 12.4. The van der Waals surface area contributed by atoms with Gasteiger partial charge in [-0.25, -0.2) is 4.79 Å². The zero-order valence-electron chi connectivity index (χ0n) is 13.7. The molecule has 22 heavy (non-hydrogen) atoms. The lowest BCUT2D eigenvalue weighted by Gasteiger charge is -2.43. The number of hydrogen-bond donors (Lipinski definition) is 0. The number of hydrogen-bond acceptors (Lipinski definition) is 3. The highest BCUT2D eigenvalue weighted by Crippen LogP contribution is 2.40. The van der Waals surface area contributed by atoms with Crippen LogP contribution in [-0.4, -0.2) is 29.1 Å². The van der Waals surface area contributed by atoms with Crippen LogP contribution < -0.4 is 0 Å². The molecular formula is C17H28Cl2O3. The second-order valence-corrected chi connectivity index (χ2v) is 7.89. The Kier molecular flexibility index (Phi) is 6.30. The first-order valence-corrected chi connectivity index (χ1v) is 9.54. The van der Waals surface area contributed by atoms with E-state index in [4.69, 9.17) is 32.7 Å². The molecule has 0 radical (unpaired) electrons. The third-order valence-corrected chi connectivity index (χ3v) is 6.43. The Morgan fingerprint density at radius 3 is 1.68 bits per heavy atom. The summed E-state index contributed by atoms with van der Waals surface area (Å²) in [4.78, 5) is 12.4. The van der Waals surface area contributed by atoms with Crippen LogP contribution in [0, 0.1) is 11.8 Å². The number of rotatable bonds is 4. The maximum Gasteiger partial charge on any atom is 0.509 e. The van der Waals surface area contributed by atoms with Crippen LogP contribution in [0.1, 0.15) is 65.2 Å². The molecule has 2 saturated carbocycles. The summed E-state index contributed by atoms with van der Waals surface area (Å²) < 4.78 is 11.5. The van der Waals surface area contributed by atoms with E-state index in [1.165, 1.54) is 0 Å².